The van der Waals surface area contributed by atoms with Crippen molar-refractivity contribution in [3.8, 4) is 0 Å². The minimum atomic E-state index is -3.19. The second-order valence-corrected chi connectivity index (χ2v) is 6.96. The van der Waals surface area contributed by atoms with Gasteiger partial charge >= 0.3 is 0 Å². The van der Waals surface area contributed by atoms with E-state index < -0.39 is 9.84 Å². The van der Waals surface area contributed by atoms with E-state index in [9.17, 15) is 13.2 Å². The lowest BCUT2D eigenvalue weighted by Gasteiger charge is -2.13. The normalized spacial score (nSPS) is 22.7. The van der Waals surface area contributed by atoms with Crippen molar-refractivity contribution in [2.75, 3.05) is 19.5 Å². The summed E-state index contributed by atoms with van der Waals surface area (Å²) in [5, 5.41) is 2.78. The number of nitrogens with two attached hydrogens (primary N) is 1. The summed E-state index contributed by atoms with van der Waals surface area (Å²) in [7, 11) is -3.19. The maximum absolute atomic E-state index is 11.9. The third-order valence-corrected chi connectivity index (χ3v) is 4.41. The Kier molecular flexibility index (Phi) is 4.42. The molecule has 110 valence electrons. The molecule has 1 fully saturated rings. The summed E-state index contributed by atoms with van der Waals surface area (Å²) in [6.45, 7) is 1.09. The largest absolute Gasteiger partial charge is 0.379 e. The standard InChI is InChI=1S/C13H18N2O4S/c1-20(17,18)10-4-2-9(3-5-10)6-15-13(16)11-7-19-8-12(11)14/h2-5,11-12H,6-8,14H2,1H3,(H,15,16). The number of rotatable bonds is 4. The molecular weight excluding hydrogens is 280 g/mol. The molecule has 0 aliphatic carbocycles. The van der Waals surface area contributed by atoms with E-state index in [1.54, 1.807) is 12.1 Å². The Labute approximate surface area is 118 Å². The second-order valence-electron chi connectivity index (χ2n) is 4.94. The molecule has 2 rings (SSSR count). The first-order valence-corrected chi connectivity index (χ1v) is 8.17. The smallest absolute Gasteiger partial charge is 0.227 e. The number of hydrogen-bond acceptors (Lipinski definition) is 5. The molecule has 0 bridgehead atoms. The molecule has 1 aromatic rings. The molecule has 2 unspecified atom stereocenters. The predicted molar refractivity (Wildman–Crippen MR) is 73.7 cm³/mol. The summed E-state index contributed by atoms with van der Waals surface area (Å²) in [6.07, 6.45) is 1.16. The molecule has 2 atom stereocenters. The van der Waals surface area contributed by atoms with E-state index in [-0.39, 0.29) is 22.8 Å². The summed E-state index contributed by atoms with van der Waals surface area (Å²) in [5.41, 5.74) is 6.60. The summed E-state index contributed by atoms with van der Waals surface area (Å²) < 4.78 is 27.8. The van der Waals surface area contributed by atoms with Crippen LogP contribution in [-0.4, -0.2) is 39.8 Å². The van der Waals surface area contributed by atoms with Crippen LogP contribution < -0.4 is 11.1 Å². The maximum atomic E-state index is 11.9. The van der Waals surface area contributed by atoms with E-state index in [2.05, 4.69) is 5.32 Å². The van der Waals surface area contributed by atoms with Crippen molar-refractivity contribution >= 4 is 15.7 Å². The Morgan fingerprint density at radius 3 is 2.50 bits per heavy atom. The first-order valence-electron chi connectivity index (χ1n) is 6.28. The topological polar surface area (TPSA) is 98.5 Å². The highest BCUT2D eigenvalue weighted by molar-refractivity contribution is 7.90. The highest BCUT2D eigenvalue weighted by Crippen LogP contribution is 2.13. The third kappa shape index (κ3) is 3.56. The average Bonchev–Trinajstić information content (AvgIpc) is 2.82. The molecule has 1 amide bonds. The summed E-state index contributed by atoms with van der Waals surface area (Å²) >= 11 is 0. The zero-order valence-electron chi connectivity index (χ0n) is 11.2. The lowest BCUT2D eigenvalue weighted by atomic mass is 10.0. The number of sulfone groups is 1. The monoisotopic (exact) mass is 298 g/mol. The predicted octanol–water partition coefficient (Wildman–Crippen LogP) is -0.320. The fraction of sp³-hybridized carbons (Fsp3) is 0.462. The summed E-state index contributed by atoms with van der Waals surface area (Å²) in [4.78, 5) is 12.2. The molecule has 6 nitrogen and oxygen atoms in total. The van der Waals surface area contributed by atoms with Gasteiger partial charge in [-0.1, -0.05) is 12.1 Å². The van der Waals surface area contributed by atoms with Crippen LogP contribution in [-0.2, 0) is 25.9 Å². The van der Waals surface area contributed by atoms with Crippen molar-refractivity contribution in [1.82, 2.24) is 5.32 Å². The number of carbonyl (C=O) groups excluding carboxylic acids is 1. The minimum Gasteiger partial charge on any atom is -0.379 e. The van der Waals surface area contributed by atoms with E-state index in [1.807, 2.05) is 0 Å². The molecule has 0 saturated carbocycles. The van der Waals surface area contributed by atoms with Crippen LogP contribution in [0, 0.1) is 5.92 Å². The van der Waals surface area contributed by atoms with Crippen molar-refractivity contribution in [2.24, 2.45) is 11.7 Å². The van der Waals surface area contributed by atoms with Crippen molar-refractivity contribution in [3.63, 3.8) is 0 Å². The van der Waals surface area contributed by atoms with Crippen molar-refractivity contribution < 1.29 is 17.9 Å². The van der Waals surface area contributed by atoms with E-state index in [1.165, 1.54) is 12.1 Å². The first-order chi connectivity index (χ1) is 9.38. The Bertz CT molecular complexity index is 583. The molecule has 3 N–H and O–H groups in total. The number of amides is 1. The zero-order chi connectivity index (χ0) is 14.8. The van der Waals surface area contributed by atoms with Gasteiger partial charge in [0.05, 0.1) is 24.0 Å². The van der Waals surface area contributed by atoms with E-state index >= 15 is 0 Å². The zero-order valence-corrected chi connectivity index (χ0v) is 12.0. The lowest BCUT2D eigenvalue weighted by Crippen LogP contribution is -2.40. The van der Waals surface area contributed by atoms with E-state index in [0.717, 1.165) is 11.8 Å². The molecule has 1 saturated heterocycles. The van der Waals surface area contributed by atoms with Gasteiger partial charge < -0.3 is 15.8 Å². The number of benzene rings is 1. The second kappa shape index (κ2) is 5.90. The van der Waals surface area contributed by atoms with Gasteiger partial charge in [-0.3, -0.25) is 4.79 Å². The Morgan fingerprint density at radius 2 is 2.00 bits per heavy atom. The van der Waals surface area contributed by atoms with Crippen molar-refractivity contribution in [3.05, 3.63) is 29.8 Å². The van der Waals surface area contributed by atoms with Crippen LogP contribution in [0.15, 0.2) is 29.2 Å². The van der Waals surface area contributed by atoms with Crippen LogP contribution in [0.2, 0.25) is 0 Å². The lowest BCUT2D eigenvalue weighted by molar-refractivity contribution is -0.125. The van der Waals surface area contributed by atoms with Gasteiger partial charge in [0.25, 0.3) is 0 Å². The van der Waals surface area contributed by atoms with Crippen LogP contribution in [0.25, 0.3) is 0 Å². The van der Waals surface area contributed by atoms with Crippen LogP contribution in [0.1, 0.15) is 5.56 Å². The van der Waals surface area contributed by atoms with Gasteiger partial charge in [0, 0.05) is 18.8 Å². The third-order valence-electron chi connectivity index (χ3n) is 3.28. The van der Waals surface area contributed by atoms with Gasteiger partial charge in [0.1, 0.15) is 0 Å². The molecule has 0 aromatic heterocycles. The quantitative estimate of drug-likeness (QED) is 0.794. The van der Waals surface area contributed by atoms with Gasteiger partial charge in [-0.25, -0.2) is 8.42 Å². The van der Waals surface area contributed by atoms with Crippen molar-refractivity contribution in [1.29, 1.82) is 0 Å². The Balaban J connectivity index is 1.93. The Morgan fingerprint density at radius 1 is 1.35 bits per heavy atom. The van der Waals surface area contributed by atoms with Gasteiger partial charge in [-0.15, -0.1) is 0 Å². The van der Waals surface area contributed by atoms with Crippen molar-refractivity contribution in [2.45, 2.75) is 17.5 Å². The Hall–Kier alpha value is -1.44. The molecule has 7 heteroatoms. The van der Waals surface area contributed by atoms with Crippen LogP contribution in [0.3, 0.4) is 0 Å². The molecule has 1 aromatic carbocycles. The van der Waals surface area contributed by atoms with E-state index in [0.29, 0.717) is 19.8 Å². The molecule has 20 heavy (non-hydrogen) atoms. The maximum Gasteiger partial charge on any atom is 0.227 e. The van der Waals surface area contributed by atoms with Gasteiger partial charge in [0.2, 0.25) is 5.91 Å². The SMILES string of the molecule is CS(=O)(=O)c1ccc(CNC(=O)C2COCC2N)cc1. The molecule has 0 spiro atoms. The summed E-state index contributed by atoms with van der Waals surface area (Å²) in [5.74, 6) is -0.451. The average molecular weight is 298 g/mol. The van der Waals surface area contributed by atoms with E-state index in [4.69, 9.17) is 10.5 Å². The molecule has 0 radical (unpaired) electrons. The number of hydrogen-bond donors (Lipinski definition) is 2. The van der Waals surface area contributed by atoms with Crippen LogP contribution in [0.4, 0.5) is 0 Å². The van der Waals surface area contributed by atoms with Gasteiger partial charge in [-0.05, 0) is 17.7 Å². The number of ether oxygens (including phenoxy) is 1. The van der Waals surface area contributed by atoms with Gasteiger partial charge in [-0.2, -0.15) is 0 Å². The fourth-order valence-corrected chi connectivity index (χ4v) is 2.65. The van der Waals surface area contributed by atoms with Gasteiger partial charge in [0.15, 0.2) is 9.84 Å². The van der Waals surface area contributed by atoms with Crippen LogP contribution in [0.5, 0.6) is 0 Å². The first kappa shape index (κ1) is 15.0. The summed E-state index contributed by atoms with van der Waals surface area (Å²) in [6, 6.07) is 6.16. The molecule has 1 aliphatic rings. The molecular formula is C13H18N2O4S. The molecule has 1 aliphatic heterocycles. The minimum absolute atomic E-state index is 0.137. The number of carbonyl (C=O) groups is 1. The highest BCUT2D eigenvalue weighted by Gasteiger charge is 2.30. The van der Waals surface area contributed by atoms with Crippen LogP contribution >= 0.6 is 0 Å². The highest BCUT2D eigenvalue weighted by atomic mass is 32.2. The number of nitrogens with one attached hydrogen (secondary N) is 1. The molecule has 1 heterocycles. The fourth-order valence-electron chi connectivity index (χ4n) is 2.02.